The highest BCUT2D eigenvalue weighted by Gasteiger charge is 2.18. The van der Waals surface area contributed by atoms with Gasteiger partial charge in [-0.1, -0.05) is 42.5 Å². The second kappa shape index (κ2) is 11.1. The van der Waals surface area contributed by atoms with Crippen LogP contribution in [-0.2, 0) is 9.59 Å². The molecule has 0 spiro atoms. The van der Waals surface area contributed by atoms with Crippen molar-refractivity contribution in [3.63, 3.8) is 0 Å². The van der Waals surface area contributed by atoms with Crippen LogP contribution in [0.15, 0.2) is 54.6 Å². The lowest BCUT2D eigenvalue weighted by molar-refractivity contribution is -0.127. The zero-order chi connectivity index (χ0) is 20.4. The maximum atomic E-state index is 12.5. The standard InChI is InChI=1S/C22H29N3O3/c1-4-28-20-13-9-8-12-19(20)24-22(27)16-21(26)23-18(14-15-25(2)3)17-10-6-5-7-11-17/h5-13,18H,4,14-16H2,1-3H3,(H,23,26)(H,24,27)/t18-/m0/s1. The number of benzene rings is 2. The van der Waals surface area contributed by atoms with Gasteiger partial charge >= 0.3 is 0 Å². The number of anilines is 1. The lowest BCUT2D eigenvalue weighted by Gasteiger charge is -2.21. The van der Waals surface area contributed by atoms with Crippen LogP contribution in [0.2, 0.25) is 0 Å². The van der Waals surface area contributed by atoms with Crippen molar-refractivity contribution in [1.82, 2.24) is 10.2 Å². The van der Waals surface area contributed by atoms with Crippen LogP contribution in [0, 0.1) is 0 Å². The fraction of sp³-hybridized carbons (Fsp3) is 0.364. The molecule has 2 amide bonds. The summed E-state index contributed by atoms with van der Waals surface area (Å²) < 4.78 is 5.50. The normalized spacial score (nSPS) is 11.7. The van der Waals surface area contributed by atoms with E-state index in [4.69, 9.17) is 4.74 Å². The Hall–Kier alpha value is -2.86. The number of carbonyl (C=O) groups is 2. The summed E-state index contributed by atoms with van der Waals surface area (Å²) in [4.78, 5) is 26.9. The number of carbonyl (C=O) groups excluding carboxylic acids is 2. The molecule has 0 aliphatic carbocycles. The van der Waals surface area contributed by atoms with Gasteiger partial charge in [0.2, 0.25) is 11.8 Å². The summed E-state index contributed by atoms with van der Waals surface area (Å²) in [6.45, 7) is 3.20. The monoisotopic (exact) mass is 383 g/mol. The van der Waals surface area contributed by atoms with Gasteiger partial charge < -0.3 is 20.3 Å². The van der Waals surface area contributed by atoms with E-state index in [1.165, 1.54) is 0 Å². The first kappa shape index (κ1) is 21.4. The third kappa shape index (κ3) is 7.04. The Morgan fingerprint density at radius 2 is 1.68 bits per heavy atom. The third-order valence-electron chi connectivity index (χ3n) is 4.18. The van der Waals surface area contributed by atoms with Gasteiger partial charge in [-0.25, -0.2) is 0 Å². The minimum atomic E-state index is -0.371. The van der Waals surface area contributed by atoms with Crippen molar-refractivity contribution in [3.05, 3.63) is 60.2 Å². The molecule has 2 aromatic carbocycles. The van der Waals surface area contributed by atoms with Crippen LogP contribution in [0.5, 0.6) is 5.75 Å². The van der Waals surface area contributed by atoms with Crippen LogP contribution >= 0.6 is 0 Å². The summed E-state index contributed by atoms with van der Waals surface area (Å²) in [5, 5.41) is 5.74. The van der Waals surface area contributed by atoms with Crippen LogP contribution in [0.25, 0.3) is 0 Å². The van der Waals surface area contributed by atoms with Gasteiger partial charge in [0.05, 0.1) is 18.3 Å². The molecule has 6 nitrogen and oxygen atoms in total. The zero-order valence-corrected chi connectivity index (χ0v) is 16.8. The molecule has 2 N–H and O–H groups in total. The molecule has 0 aliphatic heterocycles. The van der Waals surface area contributed by atoms with Crippen LogP contribution in [0.4, 0.5) is 5.69 Å². The number of ether oxygens (including phenoxy) is 1. The molecule has 2 rings (SSSR count). The molecule has 6 heteroatoms. The van der Waals surface area contributed by atoms with Crippen LogP contribution in [0.1, 0.15) is 31.4 Å². The first-order chi connectivity index (χ1) is 13.5. The fourth-order valence-corrected chi connectivity index (χ4v) is 2.83. The van der Waals surface area contributed by atoms with Gasteiger partial charge in [-0.2, -0.15) is 0 Å². The van der Waals surface area contributed by atoms with Gasteiger partial charge in [0.25, 0.3) is 0 Å². The second-order valence-electron chi connectivity index (χ2n) is 6.78. The molecule has 0 radical (unpaired) electrons. The van der Waals surface area contributed by atoms with Crippen molar-refractivity contribution in [1.29, 1.82) is 0 Å². The van der Waals surface area contributed by atoms with E-state index in [-0.39, 0.29) is 24.3 Å². The zero-order valence-electron chi connectivity index (χ0n) is 16.8. The number of hydrogen-bond acceptors (Lipinski definition) is 4. The van der Waals surface area contributed by atoms with Crippen LogP contribution in [-0.4, -0.2) is 44.0 Å². The van der Waals surface area contributed by atoms with E-state index < -0.39 is 0 Å². The highest BCUT2D eigenvalue weighted by Crippen LogP contribution is 2.24. The Balaban J connectivity index is 1.97. The number of nitrogens with one attached hydrogen (secondary N) is 2. The van der Waals surface area contributed by atoms with Gasteiger partial charge in [0.1, 0.15) is 12.2 Å². The van der Waals surface area contributed by atoms with Crippen molar-refractivity contribution in [2.45, 2.75) is 25.8 Å². The van der Waals surface area contributed by atoms with Gasteiger partial charge in [0, 0.05) is 0 Å². The highest BCUT2D eigenvalue weighted by atomic mass is 16.5. The molecule has 150 valence electrons. The number of nitrogens with zero attached hydrogens (tertiary/aromatic N) is 1. The largest absolute Gasteiger partial charge is 0.492 e. The molecule has 1 atom stereocenters. The molecule has 0 unspecified atom stereocenters. The van der Waals surface area contributed by atoms with E-state index in [2.05, 4.69) is 15.5 Å². The Morgan fingerprint density at radius 1 is 1.00 bits per heavy atom. The van der Waals surface area contributed by atoms with Crippen molar-refractivity contribution in [2.75, 3.05) is 32.6 Å². The predicted octanol–water partition coefficient (Wildman–Crippen LogP) is 3.22. The molecular weight excluding hydrogens is 354 g/mol. The average molecular weight is 383 g/mol. The summed E-state index contributed by atoms with van der Waals surface area (Å²) in [6, 6.07) is 16.8. The fourth-order valence-electron chi connectivity index (χ4n) is 2.83. The van der Waals surface area contributed by atoms with Crippen LogP contribution < -0.4 is 15.4 Å². The molecular formula is C22H29N3O3. The van der Waals surface area contributed by atoms with E-state index in [0.717, 1.165) is 18.5 Å². The van der Waals surface area contributed by atoms with Gasteiger partial charge in [-0.3, -0.25) is 9.59 Å². The Bertz CT molecular complexity index is 763. The predicted molar refractivity (Wildman–Crippen MR) is 111 cm³/mol. The van der Waals surface area contributed by atoms with Crippen LogP contribution in [0.3, 0.4) is 0 Å². The quantitative estimate of drug-likeness (QED) is 0.618. The average Bonchev–Trinajstić information content (AvgIpc) is 2.67. The van der Waals surface area contributed by atoms with Gasteiger partial charge in [0.15, 0.2) is 0 Å². The number of para-hydroxylation sites is 2. The second-order valence-corrected chi connectivity index (χ2v) is 6.78. The molecule has 0 saturated heterocycles. The molecule has 0 aromatic heterocycles. The van der Waals surface area contributed by atoms with Crippen molar-refractivity contribution in [3.8, 4) is 5.75 Å². The summed E-state index contributed by atoms with van der Waals surface area (Å²) in [7, 11) is 3.99. The van der Waals surface area contributed by atoms with Crippen molar-refractivity contribution in [2.24, 2.45) is 0 Å². The maximum Gasteiger partial charge on any atom is 0.233 e. The van der Waals surface area contributed by atoms with E-state index in [1.807, 2.05) is 63.5 Å². The molecule has 0 bridgehead atoms. The molecule has 0 aliphatic rings. The Morgan fingerprint density at radius 3 is 2.36 bits per heavy atom. The van der Waals surface area contributed by atoms with Gasteiger partial charge in [-0.05, 0) is 51.7 Å². The number of rotatable bonds is 10. The molecule has 28 heavy (non-hydrogen) atoms. The summed E-state index contributed by atoms with van der Waals surface area (Å²) >= 11 is 0. The third-order valence-corrected chi connectivity index (χ3v) is 4.18. The van der Waals surface area contributed by atoms with Crippen molar-refractivity contribution >= 4 is 17.5 Å². The molecule has 0 fully saturated rings. The first-order valence-electron chi connectivity index (χ1n) is 9.50. The summed E-state index contributed by atoms with van der Waals surface area (Å²) in [6.07, 6.45) is 0.517. The number of hydrogen-bond donors (Lipinski definition) is 2. The molecule has 0 heterocycles. The molecule has 0 saturated carbocycles. The Labute approximate surface area is 166 Å². The lowest BCUT2D eigenvalue weighted by atomic mass is 10.0. The minimum Gasteiger partial charge on any atom is -0.492 e. The first-order valence-corrected chi connectivity index (χ1v) is 9.50. The topological polar surface area (TPSA) is 70.7 Å². The highest BCUT2D eigenvalue weighted by molar-refractivity contribution is 6.04. The SMILES string of the molecule is CCOc1ccccc1NC(=O)CC(=O)N[C@@H](CCN(C)C)c1ccccc1. The molecule has 2 aromatic rings. The Kier molecular flexibility index (Phi) is 8.49. The maximum absolute atomic E-state index is 12.5. The minimum absolute atomic E-state index is 0.139. The van der Waals surface area contributed by atoms with Gasteiger partial charge in [-0.15, -0.1) is 0 Å². The van der Waals surface area contributed by atoms with E-state index in [0.29, 0.717) is 18.0 Å². The van der Waals surface area contributed by atoms with Crippen molar-refractivity contribution < 1.29 is 14.3 Å². The summed E-state index contributed by atoms with van der Waals surface area (Å²) in [5.41, 5.74) is 1.59. The smallest absolute Gasteiger partial charge is 0.233 e. The van der Waals surface area contributed by atoms with E-state index >= 15 is 0 Å². The number of amides is 2. The van der Waals surface area contributed by atoms with E-state index in [9.17, 15) is 9.59 Å². The summed E-state index contributed by atoms with van der Waals surface area (Å²) in [5.74, 6) is -0.0880. The lowest BCUT2D eigenvalue weighted by Crippen LogP contribution is -2.33. The van der Waals surface area contributed by atoms with E-state index in [1.54, 1.807) is 12.1 Å².